The van der Waals surface area contributed by atoms with E-state index in [0.717, 1.165) is 36.5 Å². The molecule has 1 amide bonds. The van der Waals surface area contributed by atoms with Gasteiger partial charge in [0.15, 0.2) is 6.61 Å². The maximum absolute atomic E-state index is 12.2. The number of hydrogen-bond donors (Lipinski definition) is 0. The van der Waals surface area contributed by atoms with Crippen LogP contribution in [0, 0.1) is 6.92 Å². The number of likely N-dealkylation sites (tertiary alicyclic amines) is 1. The van der Waals surface area contributed by atoms with Gasteiger partial charge in [0.1, 0.15) is 9.88 Å². The van der Waals surface area contributed by atoms with Crippen LogP contribution in [0.15, 0.2) is 30.3 Å². The summed E-state index contributed by atoms with van der Waals surface area (Å²) in [6.45, 7) is 3.10. The van der Waals surface area contributed by atoms with Gasteiger partial charge in [-0.15, -0.1) is 11.3 Å². The van der Waals surface area contributed by atoms with Crippen molar-refractivity contribution in [2.75, 3.05) is 19.7 Å². The normalized spacial score (nSPS) is 14.0. The number of esters is 1. The van der Waals surface area contributed by atoms with E-state index in [4.69, 9.17) is 4.74 Å². The Kier molecular flexibility index (Phi) is 4.71. The lowest BCUT2D eigenvalue weighted by Crippen LogP contribution is -2.32. The third kappa shape index (κ3) is 3.59. The van der Waals surface area contributed by atoms with Gasteiger partial charge in [-0.25, -0.2) is 9.78 Å². The van der Waals surface area contributed by atoms with Crippen LogP contribution in [0.25, 0.3) is 10.6 Å². The van der Waals surface area contributed by atoms with Crippen molar-refractivity contribution in [2.24, 2.45) is 0 Å². The predicted octanol–water partition coefficient (Wildman–Crippen LogP) is 2.90. The zero-order valence-electron chi connectivity index (χ0n) is 12.9. The Balaban J connectivity index is 1.65. The second-order valence-corrected chi connectivity index (χ2v) is 6.46. The molecule has 0 unspecified atom stereocenters. The van der Waals surface area contributed by atoms with Crippen molar-refractivity contribution < 1.29 is 14.3 Å². The Morgan fingerprint density at radius 3 is 2.61 bits per heavy atom. The Morgan fingerprint density at radius 1 is 1.22 bits per heavy atom. The van der Waals surface area contributed by atoms with Crippen LogP contribution < -0.4 is 0 Å². The number of amides is 1. The van der Waals surface area contributed by atoms with Crippen LogP contribution in [0.3, 0.4) is 0 Å². The standard InChI is InChI=1S/C17H18N2O3S/c1-12-15(23-16(18-12)13-7-3-2-4-8-13)17(21)22-11-14(20)19-9-5-6-10-19/h2-4,7-8H,5-6,9-11H2,1H3. The average molecular weight is 330 g/mol. The minimum atomic E-state index is -0.477. The fourth-order valence-electron chi connectivity index (χ4n) is 2.54. The molecule has 0 saturated carbocycles. The zero-order valence-corrected chi connectivity index (χ0v) is 13.8. The zero-order chi connectivity index (χ0) is 16.2. The summed E-state index contributed by atoms with van der Waals surface area (Å²) >= 11 is 1.29. The molecule has 1 fully saturated rings. The minimum absolute atomic E-state index is 0.124. The van der Waals surface area contributed by atoms with E-state index in [1.807, 2.05) is 30.3 Å². The van der Waals surface area contributed by atoms with Crippen LogP contribution in [0.1, 0.15) is 28.2 Å². The first-order valence-electron chi connectivity index (χ1n) is 7.63. The molecule has 1 aromatic heterocycles. The van der Waals surface area contributed by atoms with E-state index < -0.39 is 5.97 Å². The first-order chi connectivity index (χ1) is 11.1. The molecule has 0 bridgehead atoms. The highest BCUT2D eigenvalue weighted by molar-refractivity contribution is 7.17. The number of nitrogens with zero attached hydrogens (tertiary/aromatic N) is 2. The van der Waals surface area contributed by atoms with E-state index in [2.05, 4.69) is 4.98 Å². The van der Waals surface area contributed by atoms with Crippen molar-refractivity contribution in [2.45, 2.75) is 19.8 Å². The number of ether oxygens (including phenoxy) is 1. The summed E-state index contributed by atoms with van der Waals surface area (Å²) < 4.78 is 5.17. The largest absolute Gasteiger partial charge is 0.451 e. The number of carbonyl (C=O) groups is 2. The molecule has 1 aliphatic rings. The van der Waals surface area contributed by atoms with Crippen LogP contribution in [0.2, 0.25) is 0 Å². The summed E-state index contributed by atoms with van der Waals surface area (Å²) in [7, 11) is 0. The van der Waals surface area contributed by atoms with Gasteiger partial charge in [-0.05, 0) is 19.8 Å². The Hall–Kier alpha value is -2.21. The maximum atomic E-state index is 12.2. The number of benzene rings is 1. The molecule has 0 spiro atoms. The molecular formula is C17H18N2O3S. The van der Waals surface area contributed by atoms with Gasteiger partial charge < -0.3 is 9.64 Å². The molecule has 0 radical (unpaired) electrons. The van der Waals surface area contributed by atoms with E-state index in [0.29, 0.717) is 10.6 Å². The third-order valence-corrected chi connectivity index (χ3v) is 4.97. The summed E-state index contributed by atoms with van der Waals surface area (Å²) in [4.78, 5) is 30.8. The molecule has 0 atom stereocenters. The fraction of sp³-hybridized carbons (Fsp3) is 0.353. The lowest BCUT2D eigenvalue weighted by Gasteiger charge is -2.14. The van der Waals surface area contributed by atoms with Crippen molar-refractivity contribution in [3.05, 3.63) is 40.9 Å². The monoisotopic (exact) mass is 330 g/mol. The van der Waals surface area contributed by atoms with Crippen LogP contribution in [-0.4, -0.2) is 41.5 Å². The van der Waals surface area contributed by atoms with Gasteiger partial charge in [-0.3, -0.25) is 4.79 Å². The molecule has 120 valence electrons. The molecular weight excluding hydrogens is 312 g/mol. The average Bonchev–Trinajstić information content (AvgIpc) is 3.23. The fourth-order valence-corrected chi connectivity index (χ4v) is 3.51. The lowest BCUT2D eigenvalue weighted by atomic mass is 10.2. The van der Waals surface area contributed by atoms with E-state index in [1.54, 1.807) is 11.8 Å². The molecule has 1 aromatic carbocycles. The SMILES string of the molecule is Cc1nc(-c2ccccc2)sc1C(=O)OCC(=O)N1CCCC1. The highest BCUT2D eigenvalue weighted by atomic mass is 32.1. The Labute approximate surface area is 138 Å². The molecule has 23 heavy (non-hydrogen) atoms. The molecule has 0 N–H and O–H groups in total. The van der Waals surface area contributed by atoms with Crippen LogP contribution in [-0.2, 0) is 9.53 Å². The van der Waals surface area contributed by atoms with Crippen LogP contribution in [0.4, 0.5) is 0 Å². The van der Waals surface area contributed by atoms with Gasteiger partial charge in [0.25, 0.3) is 5.91 Å². The Morgan fingerprint density at radius 2 is 1.91 bits per heavy atom. The van der Waals surface area contributed by atoms with Crippen LogP contribution in [0.5, 0.6) is 0 Å². The predicted molar refractivity (Wildman–Crippen MR) is 88.4 cm³/mol. The van der Waals surface area contributed by atoms with Crippen molar-refractivity contribution in [3.8, 4) is 10.6 Å². The van der Waals surface area contributed by atoms with E-state index in [9.17, 15) is 9.59 Å². The lowest BCUT2D eigenvalue weighted by molar-refractivity contribution is -0.133. The van der Waals surface area contributed by atoms with Crippen molar-refractivity contribution >= 4 is 23.2 Å². The van der Waals surface area contributed by atoms with Gasteiger partial charge in [-0.1, -0.05) is 30.3 Å². The van der Waals surface area contributed by atoms with Gasteiger partial charge in [0.2, 0.25) is 0 Å². The number of thiazole rings is 1. The van der Waals surface area contributed by atoms with E-state index in [1.165, 1.54) is 11.3 Å². The molecule has 2 aromatic rings. The molecule has 1 aliphatic heterocycles. The molecule has 5 nitrogen and oxygen atoms in total. The quantitative estimate of drug-likeness (QED) is 0.809. The first-order valence-corrected chi connectivity index (χ1v) is 8.44. The highest BCUT2D eigenvalue weighted by Crippen LogP contribution is 2.28. The van der Waals surface area contributed by atoms with Gasteiger partial charge in [0, 0.05) is 18.7 Å². The second-order valence-electron chi connectivity index (χ2n) is 5.46. The number of aryl methyl sites for hydroxylation is 1. The minimum Gasteiger partial charge on any atom is -0.451 e. The van der Waals surface area contributed by atoms with Gasteiger partial charge in [0.05, 0.1) is 5.69 Å². The van der Waals surface area contributed by atoms with E-state index in [-0.39, 0.29) is 12.5 Å². The summed E-state index contributed by atoms with van der Waals surface area (Å²) in [5.41, 5.74) is 1.60. The molecule has 2 heterocycles. The summed E-state index contributed by atoms with van der Waals surface area (Å²) in [5, 5.41) is 0.779. The van der Waals surface area contributed by atoms with Gasteiger partial charge >= 0.3 is 5.97 Å². The summed E-state index contributed by atoms with van der Waals surface area (Å²) in [6, 6.07) is 9.69. The molecule has 6 heteroatoms. The maximum Gasteiger partial charge on any atom is 0.350 e. The number of carbonyl (C=O) groups excluding carboxylic acids is 2. The number of aromatic nitrogens is 1. The smallest absolute Gasteiger partial charge is 0.350 e. The van der Waals surface area contributed by atoms with Gasteiger partial charge in [-0.2, -0.15) is 0 Å². The van der Waals surface area contributed by atoms with Crippen molar-refractivity contribution in [3.63, 3.8) is 0 Å². The molecule has 0 aliphatic carbocycles. The second kappa shape index (κ2) is 6.91. The molecule has 1 saturated heterocycles. The van der Waals surface area contributed by atoms with Crippen molar-refractivity contribution in [1.82, 2.24) is 9.88 Å². The van der Waals surface area contributed by atoms with Crippen molar-refractivity contribution in [1.29, 1.82) is 0 Å². The number of rotatable bonds is 4. The highest BCUT2D eigenvalue weighted by Gasteiger charge is 2.22. The third-order valence-electron chi connectivity index (χ3n) is 3.79. The molecule has 3 rings (SSSR count). The van der Waals surface area contributed by atoms with E-state index >= 15 is 0 Å². The topological polar surface area (TPSA) is 59.5 Å². The Bertz CT molecular complexity index is 706. The number of hydrogen-bond acceptors (Lipinski definition) is 5. The summed E-state index contributed by atoms with van der Waals surface area (Å²) in [5.74, 6) is -0.601. The summed E-state index contributed by atoms with van der Waals surface area (Å²) in [6.07, 6.45) is 2.04. The van der Waals surface area contributed by atoms with Crippen LogP contribution >= 0.6 is 11.3 Å². The first kappa shape index (κ1) is 15.7.